The Kier molecular flexibility index (Phi) is 5.68. The highest BCUT2D eigenvalue weighted by atomic mass is 32.2. The normalized spacial score (nSPS) is 11.4. The van der Waals surface area contributed by atoms with Crippen molar-refractivity contribution in [2.24, 2.45) is 0 Å². The lowest BCUT2D eigenvalue weighted by Gasteiger charge is -2.23. The maximum absolute atomic E-state index is 12.3. The van der Waals surface area contributed by atoms with Crippen molar-refractivity contribution in [1.82, 2.24) is 4.90 Å². The van der Waals surface area contributed by atoms with Gasteiger partial charge in [0, 0.05) is 17.0 Å². The van der Waals surface area contributed by atoms with Crippen LogP contribution in [0.5, 0.6) is 0 Å². The average molecular weight is 293 g/mol. The molecule has 1 rings (SSSR count). The monoisotopic (exact) mass is 293 g/mol. The van der Waals surface area contributed by atoms with Crippen LogP contribution in [0.3, 0.4) is 0 Å². The minimum absolute atomic E-state index is 0.176. The van der Waals surface area contributed by atoms with Crippen LogP contribution in [0, 0.1) is 0 Å². The molecular formula is C12H14F3NO2S. The van der Waals surface area contributed by atoms with Crippen LogP contribution < -0.4 is 0 Å². The number of rotatable bonds is 5. The Morgan fingerprint density at radius 1 is 1.32 bits per heavy atom. The maximum atomic E-state index is 12.3. The Balaban J connectivity index is 2.85. The topological polar surface area (TPSA) is 40.5 Å². The fourth-order valence-electron chi connectivity index (χ4n) is 1.51. The largest absolute Gasteiger partial charge is 0.406 e. The molecule has 0 fully saturated rings. The van der Waals surface area contributed by atoms with Crippen LogP contribution in [0.25, 0.3) is 0 Å². The predicted molar refractivity (Wildman–Crippen MR) is 67.3 cm³/mol. The highest BCUT2D eigenvalue weighted by molar-refractivity contribution is 7.98. The second-order valence-electron chi connectivity index (χ2n) is 3.79. The van der Waals surface area contributed by atoms with Crippen LogP contribution in [0.2, 0.25) is 0 Å². The van der Waals surface area contributed by atoms with E-state index in [1.807, 2.05) is 6.26 Å². The fraction of sp³-hybridized carbons (Fsp3) is 0.417. The number of carbonyl (C=O) groups is 1. The minimum atomic E-state index is -4.48. The number of aliphatic hydroxyl groups excluding tert-OH is 1. The van der Waals surface area contributed by atoms with Gasteiger partial charge in [0.15, 0.2) is 0 Å². The van der Waals surface area contributed by atoms with E-state index in [9.17, 15) is 18.0 Å². The molecule has 0 aromatic heterocycles. The van der Waals surface area contributed by atoms with Crippen LogP contribution in [0.15, 0.2) is 29.2 Å². The number of amides is 1. The van der Waals surface area contributed by atoms with E-state index < -0.39 is 25.2 Å². The van der Waals surface area contributed by atoms with Gasteiger partial charge in [-0.05, 0) is 30.5 Å². The van der Waals surface area contributed by atoms with Crippen molar-refractivity contribution in [3.05, 3.63) is 29.8 Å². The first kappa shape index (κ1) is 15.8. The molecule has 0 aliphatic heterocycles. The van der Waals surface area contributed by atoms with E-state index in [0.717, 1.165) is 4.90 Å². The molecule has 0 heterocycles. The lowest BCUT2D eigenvalue weighted by molar-refractivity contribution is -0.141. The highest BCUT2D eigenvalue weighted by Crippen LogP contribution is 2.19. The summed E-state index contributed by atoms with van der Waals surface area (Å²) < 4.78 is 37.0. The lowest BCUT2D eigenvalue weighted by atomic mass is 10.2. The van der Waals surface area contributed by atoms with E-state index in [1.54, 1.807) is 12.1 Å². The van der Waals surface area contributed by atoms with Crippen molar-refractivity contribution in [3.8, 4) is 0 Å². The summed E-state index contributed by atoms with van der Waals surface area (Å²) in [5.74, 6) is -0.737. The molecule has 7 heteroatoms. The number of benzene rings is 1. The fourth-order valence-corrected chi connectivity index (χ4v) is 1.91. The van der Waals surface area contributed by atoms with Gasteiger partial charge < -0.3 is 10.0 Å². The second-order valence-corrected chi connectivity index (χ2v) is 4.67. The van der Waals surface area contributed by atoms with E-state index in [1.165, 1.54) is 23.9 Å². The molecule has 3 nitrogen and oxygen atoms in total. The summed E-state index contributed by atoms with van der Waals surface area (Å²) in [6.07, 6.45) is -2.62. The van der Waals surface area contributed by atoms with Crippen molar-refractivity contribution >= 4 is 17.7 Å². The van der Waals surface area contributed by atoms with E-state index >= 15 is 0 Å². The molecule has 0 radical (unpaired) electrons. The third kappa shape index (κ3) is 5.12. The van der Waals surface area contributed by atoms with Crippen molar-refractivity contribution in [2.45, 2.75) is 11.1 Å². The number of nitrogens with zero attached hydrogens (tertiary/aromatic N) is 1. The number of hydrogen-bond donors (Lipinski definition) is 1. The Bertz CT molecular complexity index is 420. The Morgan fingerprint density at radius 2 is 1.89 bits per heavy atom. The summed E-state index contributed by atoms with van der Waals surface area (Å²) in [6.45, 7) is -2.22. The number of aliphatic hydroxyl groups is 1. The minimum Gasteiger partial charge on any atom is -0.395 e. The molecular weight excluding hydrogens is 279 g/mol. The first-order chi connectivity index (χ1) is 8.87. The summed E-state index contributed by atoms with van der Waals surface area (Å²) in [5, 5.41) is 8.75. The second kappa shape index (κ2) is 6.81. The van der Waals surface area contributed by atoms with Gasteiger partial charge in [-0.2, -0.15) is 13.2 Å². The van der Waals surface area contributed by atoms with Crippen molar-refractivity contribution in [1.29, 1.82) is 0 Å². The zero-order valence-electron chi connectivity index (χ0n) is 10.3. The van der Waals surface area contributed by atoms with Gasteiger partial charge in [-0.3, -0.25) is 4.79 Å². The van der Waals surface area contributed by atoms with Gasteiger partial charge in [-0.15, -0.1) is 11.8 Å². The van der Waals surface area contributed by atoms with Gasteiger partial charge >= 0.3 is 6.18 Å². The molecule has 0 aliphatic carbocycles. The van der Waals surface area contributed by atoms with Gasteiger partial charge in [-0.1, -0.05) is 0 Å². The van der Waals surface area contributed by atoms with E-state index in [-0.39, 0.29) is 12.1 Å². The third-order valence-corrected chi connectivity index (χ3v) is 3.11. The Morgan fingerprint density at radius 3 is 2.32 bits per heavy atom. The van der Waals surface area contributed by atoms with E-state index in [2.05, 4.69) is 0 Å². The zero-order valence-corrected chi connectivity index (χ0v) is 11.1. The molecule has 1 aromatic rings. The molecule has 19 heavy (non-hydrogen) atoms. The van der Waals surface area contributed by atoms with Crippen LogP contribution in [-0.4, -0.2) is 48.0 Å². The summed E-state index contributed by atoms with van der Waals surface area (Å²) in [6, 6.07) is 6.30. The summed E-state index contributed by atoms with van der Waals surface area (Å²) >= 11 is 1.47. The number of thioether (sulfide) groups is 1. The third-order valence-electron chi connectivity index (χ3n) is 2.36. The Hall–Kier alpha value is -1.21. The van der Waals surface area contributed by atoms with Gasteiger partial charge in [-0.25, -0.2) is 0 Å². The van der Waals surface area contributed by atoms with Gasteiger partial charge in [0.1, 0.15) is 6.54 Å². The standard InChI is InChI=1S/C12H14F3NO2S/c1-19-10-4-2-9(3-5-10)11(18)16(6-7-17)8-12(13,14)15/h2-5,17H,6-8H2,1H3. The smallest absolute Gasteiger partial charge is 0.395 e. The number of halogens is 3. The molecule has 1 N–H and O–H groups in total. The number of alkyl halides is 3. The molecule has 0 saturated heterocycles. The first-order valence-electron chi connectivity index (χ1n) is 5.48. The lowest BCUT2D eigenvalue weighted by Crippen LogP contribution is -2.40. The van der Waals surface area contributed by atoms with Gasteiger partial charge in [0.2, 0.25) is 0 Å². The molecule has 0 atom stereocenters. The van der Waals surface area contributed by atoms with Crippen LogP contribution >= 0.6 is 11.8 Å². The van der Waals surface area contributed by atoms with Crippen LogP contribution in [-0.2, 0) is 0 Å². The first-order valence-corrected chi connectivity index (χ1v) is 6.71. The molecule has 0 spiro atoms. The Labute approximate surface area is 113 Å². The van der Waals surface area contributed by atoms with E-state index in [0.29, 0.717) is 4.90 Å². The predicted octanol–water partition coefficient (Wildman–Crippen LogP) is 2.41. The molecule has 1 amide bonds. The zero-order chi connectivity index (χ0) is 14.5. The van der Waals surface area contributed by atoms with Gasteiger partial charge in [0.25, 0.3) is 5.91 Å². The quantitative estimate of drug-likeness (QED) is 0.848. The van der Waals surface area contributed by atoms with Crippen LogP contribution in [0.1, 0.15) is 10.4 Å². The maximum Gasteiger partial charge on any atom is 0.406 e. The molecule has 106 valence electrons. The summed E-state index contributed by atoms with van der Waals surface area (Å²) in [4.78, 5) is 13.4. The molecule has 0 bridgehead atoms. The van der Waals surface area contributed by atoms with Crippen LogP contribution in [0.4, 0.5) is 13.2 Å². The van der Waals surface area contributed by atoms with Crippen molar-refractivity contribution < 1.29 is 23.1 Å². The summed E-state index contributed by atoms with van der Waals surface area (Å²) in [5.41, 5.74) is 0.176. The number of carbonyl (C=O) groups excluding carboxylic acids is 1. The highest BCUT2D eigenvalue weighted by Gasteiger charge is 2.33. The SMILES string of the molecule is CSc1ccc(C(=O)N(CCO)CC(F)(F)F)cc1. The molecule has 0 unspecified atom stereocenters. The molecule has 0 aliphatic rings. The summed E-state index contributed by atoms with van der Waals surface area (Å²) in [7, 11) is 0. The van der Waals surface area contributed by atoms with Crippen molar-refractivity contribution in [2.75, 3.05) is 26.0 Å². The van der Waals surface area contributed by atoms with Crippen molar-refractivity contribution in [3.63, 3.8) is 0 Å². The number of hydrogen-bond acceptors (Lipinski definition) is 3. The molecule has 1 aromatic carbocycles. The van der Waals surface area contributed by atoms with E-state index in [4.69, 9.17) is 5.11 Å². The van der Waals surface area contributed by atoms with Gasteiger partial charge in [0.05, 0.1) is 6.61 Å². The molecule has 0 saturated carbocycles. The average Bonchev–Trinajstić information content (AvgIpc) is 2.36.